The number of primary amides is 1. The highest BCUT2D eigenvalue weighted by Crippen LogP contribution is 2.44. The summed E-state index contributed by atoms with van der Waals surface area (Å²) in [6.45, 7) is 6.05. The lowest BCUT2D eigenvalue weighted by Crippen LogP contribution is -2.30. The molecule has 0 bridgehead atoms. The number of nitrogens with zero attached hydrogens (tertiary/aromatic N) is 2. The zero-order valence-electron chi connectivity index (χ0n) is 15.0. The predicted molar refractivity (Wildman–Crippen MR) is 93.5 cm³/mol. The predicted octanol–water partition coefficient (Wildman–Crippen LogP) is 4.09. The van der Waals surface area contributed by atoms with Crippen molar-refractivity contribution in [1.29, 1.82) is 5.26 Å². The number of pyridine rings is 1. The van der Waals surface area contributed by atoms with E-state index in [0.717, 1.165) is 18.2 Å². The molecule has 26 heavy (non-hydrogen) atoms. The van der Waals surface area contributed by atoms with E-state index in [4.69, 9.17) is 5.73 Å². The Bertz CT molecular complexity index is 748. The summed E-state index contributed by atoms with van der Waals surface area (Å²) in [5.41, 5.74) is 4.22. The summed E-state index contributed by atoms with van der Waals surface area (Å²) < 4.78 is 41.4. The van der Waals surface area contributed by atoms with Crippen LogP contribution in [0.4, 0.5) is 13.2 Å². The molecule has 1 heterocycles. The lowest BCUT2D eigenvalue weighted by Gasteiger charge is -2.36. The van der Waals surface area contributed by atoms with Crippen molar-refractivity contribution in [3.8, 4) is 6.07 Å². The Kier molecular flexibility index (Phi) is 5.91. The highest BCUT2D eigenvalue weighted by Gasteiger charge is 2.42. The number of hydrogen-bond acceptors (Lipinski definition) is 4. The number of thioether (sulfide) groups is 1. The third-order valence-electron chi connectivity index (χ3n) is 4.74. The summed E-state index contributed by atoms with van der Waals surface area (Å²) in [5.74, 6) is -0.256. The first-order valence-electron chi connectivity index (χ1n) is 8.39. The van der Waals surface area contributed by atoms with Crippen LogP contribution in [0.5, 0.6) is 0 Å². The number of carbonyl (C=O) groups excluding carboxylic acids is 1. The first-order valence-corrected chi connectivity index (χ1v) is 9.37. The number of aromatic nitrogens is 1. The Morgan fingerprint density at radius 2 is 2.04 bits per heavy atom. The van der Waals surface area contributed by atoms with E-state index < -0.39 is 23.2 Å². The number of hydrogen-bond donors (Lipinski definition) is 1. The first kappa shape index (κ1) is 20.6. The highest BCUT2D eigenvalue weighted by atomic mass is 32.2. The van der Waals surface area contributed by atoms with E-state index in [1.165, 1.54) is 0 Å². The van der Waals surface area contributed by atoms with Crippen LogP contribution in [0.3, 0.4) is 0 Å². The summed E-state index contributed by atoms with van der Waals surface area (Å²) >= 11 is 0.975. The molecule has 2 N–H and O–H groups in total. The molecule has 8 heteroatoms. The molecule has 1 aliphatic carbocycles. The zero-order valence-corrected chi connectivity index (χ0v) is 15.9. The molecule has 0 aromatic carbocycles. The largest absolute Gasteiger partial charge is 0.418 e. The summed E-state index contributed by atoms with van der Waals surface area (Å²) in [4.78, 5) is 15.2. The summed E-state index contributed by atoms with van der Waals surface area (Å²) in [7, 11) is 0. The van der Waals surface area contributed by atoms with Crippen LogP contribution < -0.4 is 5.73 Å². The maximum Gasteiger partial charge on any atom is 0.418 e. The fourth-order valence-electron chi connectivity index (χ4n) is 3.24. The number of alkyl halides is 3. The van der Waals surface area contributed by atoms with E-state index in [1.807, 2.05) is 20.8 Å². The van der Waals surface area contributed by atoms with Crippen molar-refractivity contribution in [3.63, 3.8) is 0 Å². The number of fused-ring (bicyclic) bond motifs is 1. The number of amides is 1. The average molecular weight is 385 g/mol. The van der Waals surface area contributed by atoms with Crippen molar-refractivity contribution in [3.05, 3.63) is 22.4 Å². The van der Waals surface area contributed by atoms with Crippen molar-refractivity contribution < 1.29 is 18.0 Å². The van der Waals surface area contributed by atoms with Gasteiger partial charge in [-0.1, -0.05) is 20.8 Å². The molecule has 4 nitrogen and oxygen atoms in total. The van der Waals surface area contributed by atoms with Gasteiger partial charge in [-0.25, -0.2) is 4.98 Å². The fourth-order valence-corrected chi connectivity index (χ4v) is 4.21. The van der Waals surface area contributed by atoms with Crippen molar-refractivity contribution in [2.75, 3.05) is 5.75 Å². The molecule has 1 amide bonds. The standard InChI is InChI=1S/C18H22F3N3OS/c1-17(2,3)10-4-5-13-11(8-10)15(18(19,20)21)12(9-22)16(24-13)26-7-6-14(23)25/h10H,4-8H2,1-3H3,(H2,23,25). The minimum Gasteiger partial charge on any atom is -0.370 e. The number of aryl methyl sites for hydroxylation is 1. The molecule has 1 aliphatic rings. The van der Waals surface area contributed by atoms with Gasteiger partial charge in [0.25, 0.3) is 0 Å². The van der Waals surface area contributed by atoms with Gasteiger partial charge < -0.3 is 5.73 Å². The molecular formula is C18H22F3N3OS. The van der Waals surface area contributed by atoms with E-state index in [1.54, 1.807) is 6.07 Å². The van der Waals surface area contributed by atoms with Crippen LogP contribution in [0.2, 0.25) is 0 Å². The van der Waals surface area contributed by atoms with Crippen LogP contribution in [-0.2, 0) is 23.8 Å². The molecule has 0 saturated heterocycles. The molecule has 1 aromatic rings. The van der Waals surface area contributed by atoms with E-state index in [9.17, 15) is 23.2 Å². The van der Waals surface area contributed by atoms with Gasteiger partial charge in [-0.15, -0.1) is 11.8 Å². The Hall–Kier alpha value is -1.75. The topological polar surface area (TPSA) is 79.8 Å². The molecular weight excluding hydrogens is 363 g/mol. The molecule has 0 aliphatic heterocycles. The van der Waals surface area contributed by atoms with Crippen molar-refractivity contribution in [1.82, 2.24) is 4.98 Å². The Labute approximate surface area is 155 Å². The van der Waals surface area contributed by atoms with Gasteiger partial charge >= 0.3 is 6.18 Å². The quantitative estimate of drug-likeness (QED) is 0.792. The van der Waals surface area contributed by atoms with Gasteiger partial charge in [-0.05, 0) is 36.2 Å². The maximum absolute atomic E-state index is 13.8. The molecule has 2 rings (SSSR count). The number of nitriles is 1. The van der Waals surface area contributed by atoms with Gasteiger partial charge in [-0.2, -0.15) is 18.4 Å². The summed E-state index contributed by atoms with van der Waals surface area (Å²) in [6.07, 6.45) is -3.13. The van der Waals surface area contributed by atoms with Gasteiger partial charge in [0.05, 0.1) is 11.1 Å². The lowest BCUT2D eigenvalue weighted by molar-refractivity contribution is -0.139. The van der Waals surface area contributed by atoms with E-state index in [0.29, 0.717) is 12.1 Å². The summed E-state index contributed by atoms with van der Waals surface area (Å²) in [5, 5.41) is 9.44. The molecule has 0 saturated carbocycles. The Balaban J connectivity index is 2.54. The average Bonchev–Trinajstić information content (AvgIpc) is 2.50. The zero-order chi connectivity index (χ0) is 19.7. The number of carbonyl (C=O) groups is 1. The molecule has 1 atom stereocenters. The Morgan fingerprint density at radius 3 is 2.54 bits per heavy atom. The van der Waals surface area contributed by atoms with Gasteiger partial charge in [-0.3, -0.25) is 4.79 Å². The smallest absolute Gasteiger partial charge is 0.370 e. The van der Waals surface area contributed by atoms with Gasteiger partial charge in [0.2, 0.25) is 5.91 Å². The van der Waals surface area contributed by atoms with Gasteiger partial charge in [0, 0.05) is 17.9 Å². The molecule has 0 radical (unpaired) electrons. The monoisotopic (exact) mass is 385 g/mol. The third kappa shape index (κ3) is 4.50. The minimum absolute atomic E-state index is 0.0156. The van der Waals surface area contributed by atoms with Crippen LogP contribution >= 0.6 is 11.8 Å². The number of rotatable bonds is 4. The second kappa shape index (κ2) is 7.47. The minimum atomic E-state index is -4.63. The van der Waals surface area contributed by atoms with Crippen molar-refractivity contribution in [2.45, 2.75) is 57.7 Å². The third-order valence-corrected chi connectivity index (χ3v) is 5.71. The molecule has 0 fully saturated rings. The van der Waals surface area contributed by atoms with Crippen LogP contribution in [0.1, 0.15) is 56.0 Å². The Morgan fingerprint density at radius 1 is 1.38 bits per heavy atom. The molecule has 1 aromatic heterocycles. The molecule has 142 valence electrons. The van der Waals surface area contributed by atoms with Crippen LogP contribution in [0.15, 0.2) is 5.03 Å². The summed E-state index contributed by atoms with van der Waals surface area (Å²) in [6, 6.07) is 1.69. The normalized spacial score (nSPS) is 17.5. The second-order valence-corrected chi connectivity index (χ2v) is 8.66. The number of halogens is 3. The number of nitrogens with two attached hydrogens (primary N) is 1. The van der Waals surface area contributed by atoms with Crippen LogP contribution in [0.25, 0.3) is 0 Å². The van der Waals surface area contributed by atoms with E-state index >= 15 is 0 Å². The van der Waals surface area contributed by atoms with E-state index in [-0.39, 0.29) is 40.5 Å². The first-order chi connectivity index (χ1) is 11.9. The van der Waals surface area contributed by atoms with E-state index in [2.05, 4.69) is 4.98 Å². The fraction of sp³-hybridized carbons (Fsp3) is 0.611. The SMILES string of the molecule is CC(C)(C)C1CCc2nc(SCCC(N)=O)c(C#N)c(C(F)(F)F)c2C1. The lowest BCUT2D eigenvalue weighted by atomic mass is 9.70. The highest BCUT2D eigenvalue weighted by molar-refractivity contribution is 7.99. The van der Waals surface area contributed by atoms with Crippen molar-refractivity contribution >= 4 is 17.7 Å². The molecule has 1 unspecified atom stereocenters. The molecule has 0 spiro atoms. The van der Waals surface area contributed by atoms with Gasteiger partial charge in [0.15, 0.2) is 0 Å². The van der Waals surface area contributed by atoms with Crippen LogP contribution in [-0.4, -0.2) is 16.6 Å². The van der Waals surface area contributed by atoms with Gasteiger partial charge in [0.1, 0.15) is 11.1 Å². The second-order valence-electron chi connectivity index (χ2n) is 7.57. The van der Waals surface area contributed by atoms with Crippen molar-refractivity contribution in [2.24, 2.45) is 17.1 Å². The maximum atomic E-state index is 13.8. The van der Waals surface area contributed by atoms with Crippen LogP contribution in [0, 0.1) is 22.7 Å².